The lowest BCUT2D eigenvalue weighted by Crippen LogP contribution is -2.62. The standard InChI is InChI=1S/C19H38N2/c1-5-16-11-10-12-17(15-16)18(20-4)19(13-8-9-14-19)21(6-2)7-3/h16-18,20H,5-15H2,1-4H3. The van der Waals surface area contributed by atoms with E-state index in [4.69, 9.17) is 0 Å². The molecule has 0 aromatic carbocycles. The molecule has 0 amide bonds. The monoisotopic (exact) mass is 294 g/mol. The van der Waals surface area contributed by atoms with Gasteiger partial charge in [-0.05, 0) is 57.7 Å². The van der Waals surface area contributed by atoms with Crippen molar-refractivity contribution in [3.63, 3.8) is 0 Å². The fourth-order valence-electron chi connectivity index (χ4n) is 5.61. The summed E-state index contributed by atoms with van der Waals surface area (Å²) in [4.78, 5) is 2.79. The molecule has 3 atom stereocenters. The lowest BCUT2D eigenvalue weighted by Gasteiger charge is -2.50. The van der Waals surface area contributed by atoms with Crippen molar-refractivity contribution in [2.45, 2.75) is 90.1 Å². The van der Waals surface area contributed by atoms with E-state index in [-0.39, 0.29) is 0 Å². The maximum atomic E-state index is 3.81. The Balaban J connectivity index is 2.19. The molecule has 0 bridgehead atoms. The fourth-order valence-corrected chi connectivity index (χ4v) is 5.61. The van der Waals surface area contributed by atoms with Gasteiger partial charge >= 0.3 is 0 Å². The van der Waals surface area contributed by atoms with Crippen molar-refractivity contribution in [2.75, 3.05) is 20.1 Å². The highest BCUT2D eigenvalue weighted by Gasteiger charge is 2.47. The summed E-state index contributed by atoms with van der Waals surface area (Å²) in [5.74, 6) is 1.88. The van der Waals surface area contributed by atoms with Crippen molar-refractivity contribution in [2.24, 2.45) is 11.8 Å². The Morgan fingerprint density at radius 3 is 2.24 bits per heavy atom. The van der Waals surface area contributed by atoms with E-state index < -0.39 is 0 Å². The maximum Gasteiger partial charge on any atom is 0.0364 e. The maximum absolute atomic E-state index is 3.81. The van der Waals surface area contributed by atoms with Crippen LogP contribution in [0.3, 0.4) is 0 Å². The van der Waals surface area contributed by atoms with E-state index in [0.29, 0.717) is 11.6 Å². The van der Waals surface area contributed by atoms with E-state index in [1.165, 1.54) is 70.9 Å². The minimum absolute atomic E-state index is 0.443. The number of hydrogen-bond donors (Lipinski definition) is 1. The van der Waals surface area contributed by atoms with Crippen molar-refractivity contribution in [3.05, 3.63) is 0 Å². The number of likely N-dealkylation sites (N-methyl/N-ethyl adjacent to an activating group) is 2. The molecule has 1 N–H and O–H groups in total. The van der Waals surface area contributed by atoms with Crippen LogP contribution in [0.4, 0.5) is 0 Å². The molecule has 2 saturated carbocycles. The highest BCUT2D eigenvalue weighted by atomic mass is 15.2. The summed E-state index contributed by atoms with van der Waals surface area (Å²) in [5, 5.41) is 3.81. The van der Waals surface area contributed by atoms with Gasteiger partial charge in [-0.15, -0.1) is 0 Å². The number of hydrogen-bond acceptors (Lipinski definition) is 2. The van der Waals surface area contributed by atoms with Crippen LogP contribution in [-0.4, -0.2) is 36.6 Å². The molecule has 0 aromatic heterocycles. The predicted molar refractivity (Wildman–Crippen MR) is 92.7 cm³/mol. The SMILES string of the molecule is CCC1CCCC(C(NC)C2(N(CC)CC)CCCC2)C1. The molecule has 3 unspecified atom stereocenters. The van der Waals surface area contributed by atoms with Gasteiger partial charge in [-0.3, -0.25) is 4.90 Å². The van der Waals surface area contributed by atoms with E-state index in [0.717, 1.165) is 11.8 Å². The van der Waals surface area contributed by atoms with Crippen molar-refractivity contribution in [1.82, 2.24) is 10.2 Å². The minimum Gasteiger partial charge on any atom is -0.315 e. The third kappa shape index (κ3) is 3.47. The molecule has 2 rings (SSSR count). The zero-order valence-electron chi connectivity index (χ0n) is 15.0. The Hall–Kier alpha value is -0.0800. The smallest absolute Gasteiger partial charge is 0.0364 e. The number of nitrogens with zero attached hydrogens (tertiary/aromatic N) is 1. The van der Waals surface area contributed by atoms with Gasteiger partial charge in [0.2, 0.25) is 0 Å². The van der Waals surface area contributed by atoms with Gasteiger partial charge in [0.05, 0.1) is 0 Å². The highest BCUT2D eigenvalue weighted by molar-refractivity contribution is 5.06. The zero-order chi connectivity index (χ0) is 15.3. The normalized spacial score (nSPS) is 30.7. The molecule has 2 aliphatic carbocycles. The van der Waals surface area contributed by atoms with Gasteiger partial charge in [0, 0.05) is 11.6 Å². The van der Waals surface area contributed by atoms with Crippen LogP contribution in [0, 0.1) is 11.8 Å². The first kappa shape index (κ1) is 17.3. The van der Waals surface area contributed by atoms with Crippen LogP contribution in [0.25, 0.3) is 0 Å². The molecule has 0 saturated heterocycles. The molecule has 0 aromatic rings. The summed E-state index contributed by atoms with van der Waals surface area (Å²) < 4.78 is 0. The van der Waals surface area contributed by atoms with Gasteiger partial charge in [-0.1, -0.05) is 52.9 Å². The molecule has 21 heavy (non-hydrogen) atoms. The van der Waals surface area contributed by atoms with Crippen LogP contribution < -0.4 is 5.32 Å². The second-order valence-electron chi connectivity index (χ2n) is 7.45. The predicted octanol–water partition coefficient (Wildman–Crippen LogP) is 4.45. The summed E-state index contributed by atoms with van der Waals surface area (Å²) in [6.45, 7) is 9.51. The third-order valence-electron chi connectivity index (χ3n) is 6.62. The molecule has 0 radical (unpaired) electrons. The van der Waals surface area contributed by atoms with Crippen LogP contribution in [-0.2, 0) is 0 Å². The van der Waals surface area contributed by atoms with Crippen molar-refractivity contribution < 1.29 is 0 Å². The van der Waals surface area contributed by atoms with Crippen molar-refractivity contribution in [1.29, 1.82) is 0 Å². The molecule has 2 aliphatic rings. The Kier molecular flexibility index (Phi) is 6.55. The fraction of sp³-hybridized carbons (Fsp3) is 1.00. The summed E-state index contributed by atoms with van der Waals surface area (Å²) in [7, 11) is 2.23. The molecule has 0 aliphatic heterocycles. The van der Waals surface area contributed by atoms with E-state index in [9.17, 15) is 0 Å². The first-order chi connectivity index (χ1) is 10.2. The average Bonchev–Trinajstić information content (AvgIpc) is 3.00. The first-order valence-corrected chi connectivity index (χ1v) is 9.64. The third-order valence-corrected chi connectivity index (χ3v) is 6.62. The molecule has 124 valence electrons. The lowest BCUT2D eigenvalue weighted by atomic mass is 9.70. The van der Waals surface area contributed by atoms with Crippen molar-refractivity contribution in [3.8, 4) is 0 Å². The molecule has 2 nitrogen and oxygen atoms in total. The molecule has 2 fully saturated rings. The summed E-state index contributed by atoms with van der Waals surface area (Å²) >= 11 is 0. The summed E-state index contributed by atoms with van der Waals surface area (Å²) in [6, 6.07) is 0.703. The second kappa shape index (κ2) is 7.97. The highest BCUT2D eigenvalue weighted by Crippen LogP contribution is 2.44. The molecule has 2 heteroatoms. The molecular formula is C19H38N2. The Morgan fingerprint density at radius 2 is 1.71 bits per heavy atom. The summed E-state index contributed by atoms with van der Waals surface area (Å²) in [6.07, 6.45) is 12.9. The molecular weight excluding hydrogens is 256 g/mol. The van der Waals surface area contributed by atoms with E-state index >= 15 is 0 Å². The Labute approximate surface area is 133 Å². The molecule has 0 spiro atoms. The number of rotatable bonds is 7. The van der Waals surface area contributed by atoms with Crippen LogP contribution in [0.2, 0.25) is 0 Å². The topological polar surface area (TPSA) is 15.3 Å². The van der Waals surface area contributed by atoms with Crippen LogP contribution in [0.1, 0.15) is 78.6 Å². The van der Waals surface area contributed by atoms with E-state index in [2.05, 4.69) is 38.0 Å². The largest absolute Gasteiger partial charge is 0.315 e. The van der Waals surface area contributed by atoms with Gasteiger partial charge in [0.15, 0.2) is 0 Å². The quantitative estimate of drug-likeness (QED) is 0.746. The van der Waals surface area contributed by atoms with E-state index in [1.54, 1.807) is 0 Å². The van der Waals surface area contributed by atoms with Crippen LogP contribution >= 0.6 is 0 Å². The lowest BCUT2D eigenvalue weighted by molar-refractivity contribution is 0.0272. The number of nitrogens with one attached hydrogen (secondary N) is 1. The van der Waals surface area contributed by atoms with Gasteiger partial charge in [-0.2, -0.15) is 0 Å². The average molecular weight is 295 g/mol. The first-order valence-electron chi connectivity index (χ1n) is 9.64. The molecule has 0 heterocycles. The van der Waals surface area contributed by atoms with Gasteiger partial charge in [0.25, 0.3) is 0 Å². The minimum atomic E-state index is 0.443. The van der Waals surface area contributed by atoms with Gasteiger partial charge in [-0.25, -0.2) is 0 Å². The van der Waals surface area contributed by atoms with Gasteiger partial charge < -0.3 is 5.32 Å². The van der Waals surface area contributed by atoms with Crippen LogP contribution in [0.5, 0.6) is 0 Å². The Bertz CT molecular complexity index is 292. The summed E-state index contributed by atoms with van der Waals surface area (Å²) in [5.41, 5.74) is 0.443. The zero-order valence-corrected chi connectivity index (χ0v) is 15.0. The van der Waals surface area contributed by atoms with Crippen molar-refractivity contribution >= 4 is 0 Å². The van der Waals surface area contributed by atoms with Crippen LogP contribution in [0.15, 0.2) is 0 Å². The van der Waals surface area contributed by atoms with Gasteiger partial charge in [0.1, 0.15) is 0 Å². The second-order valence-corrected chi connectivity index (χ2v) is 7.45. The Morgan fingerprint density at radius 1 is 1.05 bits per heavy atom. The van der Waals surface area contributed by atoms with E-state index in [1.807, 2.05) is 0 Å².